The van der Waals surface area contributed by atoms with Gasteiger partial charge in [-0.3, -0.25) is 9.59 Å². The average molecular weight is 243 g/mol. The van der Waals surface area contributed by atoms with Crippen molar-refractivity contribution in [3.8, 4) is 0 Å². The lowest BCUT2D eigenvalue weighted by atomic mass is 10.1. The van der Waals surface area contributed by atoms with E-state index in [0.717, 1.165) is 6.42 Å². The fraction of sp³-hybridized carbons (Fsp3) is 0.833. The van der Waals surface area contributed by atoms with Crippen molar-refractivity contribution >= 4 is 11.9 Å². The Morgan fingerprint density at radius 3 is 2.47 bits per heavy atom. The van der Waals surface area contributed by atoms with Gasteiger partial charge in [0.1, 0.15) is 11.6 Å². The van der Waals surface area contributed by atoms with E-state index in [1.165, 1.54) is 7.11 Å². The van der Waals surface area contributed by atoms with Gasteiger partial charge in [-0.2, -0.15) is 0 Å². The molecule has 0 aliphatic carbocycles. The average Bonchev–Trinajstić information content (AvgIpc) is 2.62. The van der Waals surface area contributed by atoms with Gasteiger partial charge in [0, 0.05) is 6.04 Å². The zero-order valence-electron chi connectivity index (χ0n) is 10.9. The number of carbonyl (C=O) groups excluding carboxylic acids is 2. The summed E-state index contributed by atoms with van der Waals surface area (Å²) in [4.78, 5) is 22.9. The highest BCUT2D eigenvalue weighted by atomic mass is 16.6. The van der Waals surface area contributed by atoms with E-state index in [1.807, 2.05) is 20.8 Å². The van der Waals surface area contributed by atoms with Crippen molar-refractivity contribution < 1.29 is 19.1 Å². The van der Waals surface area contributed by atoms with Crippen molar-refractivity contribution in [3.63, 3.8) is 0 Å². The molecule has 0 unspecified atom stereocenters. The molecule has 0 aromatic rings. The molecule has 1 saturated heterocycles. The zero-order chi connectivity index (χ0) is 13.1. The quantitative estimate of drug-likeness (QED) is 0.749. The normalized spacial score (nSPS) is 24.5. The van der Waals surface area contributed by atoms with E-state index in [1.54, 1.807) is 0 Å². The lowest BCUT2D eigenvalue weighted by Crippen LogP contribution is -2.38. The number of hydrogen-bond donors (Lipinski definition) is 1. The van der Waals surface area contributed by atoms with Gasteiger partial charge in [0.25, 0.3) is 0 Å². The molecule has 1 aliphatic heterocycles. The molecule has 1 fully saturated rings. The SMILES string of the molecule is COC(=O)[C@@H]1CC[C@H](CC(=O)OC(C)(C)C)N1. The molecule has 17 heavy (non-hydrogen) atoms. The Morgan fingerprint density at radius 1 is 1.29 bits per heavy atom. The van der Waals surface area contributed by atoms with E-state index >= 15 is 0 Å². The number of carbonyl (C=O) groups is 2. The van der Waals surface area contributed by atoms with Crippen LogP contribution in [0.2, 0.25) is 0 Å². The summed E-state index contributed by atoms with van der Waals surface area (Å²) in [5, 5.41) is 3.08. The number of esters is 2. The summed E-state index contributed by atoms with van der Waals surface area (Å²) in [7, 11) is 1.37. The van der Waals surface area contributed by atoms with E-state index in [0.29, 0.717) is 12.8 Å². The van der Waals surface area contributed by atoms with Crippen LogP contribution in [0.15, 0.2) is 0 Å². The smallest absolute Gasteiger partial charge is 0.322 e. The standard InChI is InChI=1S/C12H21NO4/c1-12(2,3)17-10(14)7-8-5-6-9(13-8)11(15)16-4/h8-9,13H,5-7H2,1-4H3/t8-,9+/m1/s1. The number of hydrogen-bond acceptors (Lipinski definition) is 5. The minimum atomic E-state index is -0.461. The summed E-state index contributed by atoms with van der Waals surface area (Å²) in [6.45, 7) is 5.51. The minimum absolute atomic E-state index is 0.00829. The predicted octanol–water partition coefficient (Wildman–Crippen LogP) is 1.01. The molecule has 1 aliphatic rings. The predicted molar refractivity (Wildman–Crippen MR) is 62.4 cm³/mol. The summed E-state index contributed by atoms with van der Waals surface area (Å²) in [5.74, 6) is -0.503. The molecule has 1 N–H and O–H groups in total. The molecule has 5 heteroatoms. The molecule has 1 heterocycles. The van der Waals surface area contributed by atoms with Gasteiger partial charge in [-0.05, 0) is 33.6 Å². The molecule has 0 aromatic heterocycles. The van der Waals surface area contributed by atoms with E-state index in [2.05, 4.69) is 10.1 Å². The van der Waals surface area contributed by atoms with Crippen LogP contribution in [0.25, 0.3) is 0 Å². The molecule has 0 radical (unpaired) electrons. The third-order valence-corrected chi connectivity index (χ3v) is 2.56. The first-order chi connectivity index (χ1) is 7.81. The molecule has 2 atom stereocenters. The van der Waals surface area contributed by atoms with Gasteiger partial charge in [0.2, 0.25) is 0 Å². The highest BCUT2D eigenvalue weighted by Crippen LogP contribution is 2.18. The summed E-state index contributed by atoms with van der Waals surface area (Å²) in [6.07, 6.45) is 1.80. The molecular weight excluding hydrogens is 222 g/mol. The number of nitrogens with one attached hydrogen (secondary N) is 1. The lowest BCUT2D eigenvalue weighted by Gasteiger charge is -2.21. The monoisotopic (exact) mass is 243 g/mol. The van der Waals surface area contributed by atoms with Crippen LogP contribution in [0.4, 0.5) is 0 Å². The van der Waals surface area contributed by atoms with Crippen LogP contribution >= 0.6 is 0 Å². The number of methoxy groups -OCH3 is 1. The Bertz CT molecular complexity index is 295. The van der Waals surface area contributed by atoms with Gasteiger partial charge in [-0.15, -0.1) is 0 Å². The van der Waals surface area contributed by atoms with Gasteiger partial charge in [-0.25, -0.2) is 0 Å². The Balaban J connectivity index is 2.35. The van der Waals surface area contributed by atoms with Crippen molar-refractivity contribution in [2.75, 3.05) is 7.11 Å². The van der Waals surface area contributed by atoms with Gasteiger partial charge < -0.3 is 14.8 Å². The van der Waals surface area contributed by atoms with Crippen molar-refractivity contribution in [1.29, 1.82) is 0 Å². The lowest BCUT2D eigenvalue weighted by molar-refractivity contribution is -0.155. The van der Waals surface area contributed by atoms with Crippen LogP contribution in [0.1, 0.15) is 40.0 Å². The van der Waals surface area contributed by atoms with E-state index in [-0.39, 0.29) is 24.0 Å². The first kappa shape index (κ1) is 14.0. The fourth-order valence-corrected chi connectivity index (χ4v) is 1.89. The van der Waals surface area contributed by atoms with Crippen LogP contribution in [0.3, 0.4) is 0 Å². The second kappa shape index (κ2) is 5.49. The summed E-state index contributed by atoms with van der Waals surface area (Å²) < 4.78 is 9.88. The third-order valence-electron chi connectivity index (χ3n) is 2.56. The highest BCUT2D eigenvalue weighted by Gasteiger charge is 2.31. The second-order valence-corrected chi connectivity index (χ2v) is 5.31. The van der Waals surface area contributed by atoms with Crippen molar-refractivity contribution in [1.82, 2.24) is 5.32 Å². The minimum Gasteiger partial charge on any atom is -0.468 e. The van der Waals surface area contributed by atoms with Crippen molar-refractivity contribution in [3.05, 3.63) is 0 Å². The largest absolute Gasteiger partial charge is 0.468 e. The van der Waals surface area contributed by atoms with Crippen LogP contribution in [0.5, 0.6) is 0 Å². The molecule has 1 rings (SSSR count). The summed E-state index contributed by atoms with van der Waals surface area (Å²) in [5.41, 5.74) is -0.461. The third kappa shape index (κ3) is 4.73. The summed E-state index contributed by atoms with van der Waals surface area (Å²) >= 11 is 0. The highest BCUT2D eigenvalue weighted by molar-refractivity contribution is 5.76. The Hall–Kier alpha value is -1.10. The van der Waals surface area contributed by atoms with Crippen LogP contribution in [0, 0.1) is 0 Å². The molecular formula is C12H21NO4. The molecule has 0 spiro atoms. The van der Waals surface area contributed by atoms with Gasteiger partial charge >= 0.3 is 11.9 Å². The van der Waals surface area contributed by atoms with E-state index < -0.39 is 5.60 Å². The van der Waals surface area contributed by atoms with Gasteiger partial charge in [-0.1, -0.05) is 0 Å². The maximum absolute atomic E-state index is 11.6. The number of ether oxygens (including phenoxy) is 2. The molecule has 0 aromatic carbocycles. The molecule has 98 valence electrons. The molecule has 0 amide bonds. The molecule has 5 nitrogen and oxygen atoms in total. The Kier molecular flexibility index (Phi) is 4.51. The second-order valence-electron chi connectivity index (χ2n) is 5.31. The zero-order valence-corrected chi connectivity index (χ0v) is 10.9. The van der Waals surface area contributed by atoms with Gasteiger partial charge in [0.15, 0.2) is 0 Å². The Labute approximate surface area is 102 Å². The topological polar surface area (TPSA) is 64.6 Å². The first-order valence-electron chi connectivity index (χ1n) is 5.87. The van der Waals surface area contributed by atoms with Gasteiger partial charge in [0.05, 0.1) is 13.5 Å². The summed E-state index contributed by atoms with van der Waals surface area (Å²) in [6, 6.07) is -0.276. The van der Waals surface area contributed by atoms with E-state index in [9.17, 15) is 9.59 Å². The van der Waals surface area contributed by atoms with Crippen molar-refractivity contribution in [2.24, 2.45) is 0 Å². The first-order valence-corrected chi connectivity index (χ1v) is 5.87. The number of rotatable bonds is 3. The molecule has 0 saturated carbocycles. The maximum Gasteiger partial charge on any atom is 0.322 e. The van der Waals surface area contributed by atoms with Crippen LogP contribution in [-0.2, 0) is 19.1 Å². The Morgan fingerprint density at radius 2 is 1.94 bits per heavy atom. The molecule has 0 bridgehead atoms. The fourth-order valence-electron chi connectivity index (χ4n) is 1.89. The maximum atomic E-state index is 11.6. The van der Waals surface area contributed by atoms with Crippen molar-refractivity contribution in [2.45, 2.75) is 57.7 Å². The van der Waals surface area contributed by atoms with Crippen LogP contribution in [-0.4, -0.2) is 36.7 Å². The van der Waals surface area contributed by atoms with E-state index in [4.69, 9.17) is 4.74 Å². The van der Waals surface area contributed by atoms with Crippen LogP contribution < -0.4 is 5.32 Å².